The first kappa shape index (κ1) is 12.2. The van der Waals surface area contributed by atoms with E-state index in [1.54, 1.807) is 18.2 Å². The molecule has 0 saturated carbocycles. The van der Waals surface area contributed by atoms with Crippen molar-refractivity contribution in [1.82, 2.24) is 0 Å². The third kappa shape index (κ3) is 2.54. The average molecular weight is 238 g/mol. The predicted octanol–water partition coefficient (Wildman–Crippen LogP) is 1.22. The van der Waals surface area contributed by atoms with Crippen molar-refractivity contribution in [3.63, 3.8) is 0 Å². The van der Waals surface area contributed by atoms with Gasteiger partial charge in [-0.3, -0.25) is 0 Å². The quantitative estimate of drug-likeness (QED) is 0.599. The molecule has 1 fully saturated rings. The topological polar surface area (TPSA) is 53.0 Å². The zero-order chi connectivity index (χ0) is 12.4. The molecule has 1 aliphatic rings. The molecule has 92 valence electrons. The van der Waals surface area contributed by atoms with E-state index in [-0.39, 0.29) is 11.7 Å². The van der Waals surface area contributed by atoms with E-state index in [1.807, 2.05) is 0 Å². The van der Waals surface area contributed by atoms with Crippen molar-refractivity contribution in [1.29, 1.82) is 0 Å². The molecule has 1 aliphatic heterocycles. The second kappa shape index (κ2) is 4.96. The molecule has 0 aromatic heterocycles. The third-order valence-electron chi connectivity index (χ3n) is 2.98. The first-order valence-corrected chi connectivity index (χ1v) is 5.50. The summed E-state index contributed by atoms with van der Waals surface area (Å²) in [6.45, 7) is 3.91. The standard InChI is InChI=1S/C13H15FO3/c1-2-10(15)12(13(16)11-7-17-11)8-5-3-4-6-9(8)14/h2-6,10-13,15-16H,1,7H2/t10?,11-,12?,13?/m1/s1. The minimum absolute atomic E-state index is 0.280. The van der Waals surface area contributed by atoms with E-state index in [0.717, 1.165) is 0 Å². The Balaban J connectivity index is 2.32. The molecule has 1 aromatic rings. The highest BCUT2D eigenvalue weighted by Gasteiger charge is 2.40. The highest BCUT2D eigenvalue weighted by molar-refractivity contribution is 5.26. The summed E-state index contributed by atoms with van der Waals surface area (Å²) in [5.74, 6) is -1.20. The van der Waals surface area contributed by atoms with Gasteiger partial charge in [0.2, 0.25) is 0 Å². The van der Waals surface area contributed by atoms with Crippen LogP contribution in [0.15, 0.2) is 36.9 Å². The number of epoxide rings is 1. The van der Waals surface area contributed by atoms with E-state index in [0.29, 0.717) is 6.61 Å². The average Bonchev–Trinajstić information content (AvgIpc) is 3.15. The van der Waals surface area contributed by atoms with Crippen molar-refractivity contribution in [3.8, 4) is 0 Å². The molecule has 0 radical (unpaired) electrons. The van der Waals surface area contributed by atoms with Crippen LogP contribution < -0.4 is 0 Å². The van der Waals surface area contributed by atoms with Crippen molar-refractivity contribution >= 4 is 0 Å². The van der Waals surface area contributed by atoms with Gasteiger partial charge in [-0.15, -0.1) is 6.58 Å². The summed E-state index contributed by atoms with van der Waals surface area (Å²) < 4.78 is 18.7. The van der Waals surface area contributed by atoms with Gasteiger partial charge in [0.25, 0.3) is 0 Å². The molecule has 4 atom stereocenters. The number of hydrogen-bond acceptors (Lipinski definition) is 3. The molecule has 2 N–H and O–H groups in total. The van der Waals surface area contributed by atoms with Gasteiger partial charge in [-0.2, -0.15) is 0 Å². The molecule has 0 spiro atoms. The lowest BCUT2D eigenvalue weighted by molar-refractivity contribution is 0.0541. The lowest BCUT2D eigenvalue weighted by Gasteiger charge is -2.25. The maximum absolute atomic E-state index is 13.7. The fourth-order valence-corrected chi connectivity index (χ4v) is 1.95. The molecule has 3 unspecified atom stereocenters. The van der Waals surface area contributed by atoms with Crippen molar-refractivity contribution < 1.29 is 19.3 Å². The normalized spacial score (nSPS) is 23.8. The number of aliphatic hydroxyl groups is 2. The highest BCUT2D eigenvalue weighted by Crippen LogP contribution is 2.32. The van der Waals surface area contributed by atoms with Crippen molar-refractivity contribution in [2.75, 3.05) is 6.61 Å². The summed E-state index contributed by atoms with van der Waals surface area (Å²) in [7, 11) is 0. The van der Waals surface area contributed by atoms with Gasteiger partial charge in [0.1, 0.15) is 11.9 Å². The largest absolute Gasteiger partial charge is 0.390 e. The monoisotopic (exact) mass is 238 g/mol. The zero-order valence-corrected chi connectivity index (χ0v) is 9.29. The van der Waals surface area contributed by atoms with Crippen LogP contribution in [-0.4, -0.2) is 35.1 Å². The molecule has 1 aromatic carbocycles. The number of rotatable bonds is 5. The van der Waals surface area contributed by atoms with Crippen LogP contribution in [0.4, 0.5) is 4.39 Å². The molecule has 2 rings (SSSR count). The summed E-state index contributed by atoms with van der Waals surface area (Å²) in [5.41, 5.74) is 0.280. The van der Waals surface area contributed by atoms with Gasteiger partial charge in [0, 0.05) is 5.92 Å². The summed E-state index contributed by atoms with van der Waals surface area (Å²) in [6, 6.07) is 6.09. The van der Waals surface area contributed by atoms with E-state index < -0.39 is 23.9 Å². The first-order valence-electron chi connectivity index (χ1n) is 5.50. The van der Waals surface area contributed by atoms with Crippen LogP contribution in [0.1, 0.15) is 11.5 Å². The first-order chi connectivity index (χ1) is 8.15. The summed E-state index contributed by atoms with van der Waals surface area (Å²) >= 11 is 0. The molecular formula is C13H15FO3. The van der Waals surface area contributed by atoms with Gasteiger partial charge < -0.3 is 14.9 Å². The molecule has 0 amide bonds. The van der Waals surface area contributed by atoms with E-state index >= 15 is 0 Å². The van der Waals surface area contributed by atoms with Gasteiger partial charge >= 0.3 is 0 Å². The molecule has 17 heavy (non-hydrogen) atoms. The molecular weight excluding hydrogens is 223 g/mol. The number of benzene rings is 1. The van der Waals surface area contributed by atoms with E-state index in [4.69, 9.17) is 4.74 Å². The Morgan fingerprint density at radius 3 is 2.59 bits per heavy atom. The molecule has 4 heteroatoms. The second-order valence-electron chi connectivity index (χ2n) is 4.14. The lowest BCUT2D eigenvalue weighted by Crippen LogP contribution is -2.33. The summed E-state index contributed by atoms with van der Waals surface area (Å²) in [4.78, 5) is 0. The zero-order valence-electron chi connectivity index (χ0n) is 9.29. The Labute approximate surface area is 99.2 Å². The summed E-state index contributed by atoms with van der Waals surface area (Å²) in [5, 5.41) is 19.9. The van der Waals surface area contributed by atoms with Gasteiger partial charge in [0.05, 0.1) is 18.8 Å². The molecule has 0 aliphatic carbocycles. The third-order valence-corrected chi connectivity index (χ3v) is 2.98. The van der Waals surface area contributed by atoms with Crippen LogP contribution >= 0.6 is 0 Å². The van der Waals surface area contributed by atoms with Crippen LogP contribution in [-0.2, 0) is 4.74 Å². The van der Waals surface area contributed by atoms with Crippen LogP contribution in [0.3, 0.4) is 0 Å². The Kier molecular flexibility index (Phi) is 3.57. The van der Waals surface area contributed by atoms with Crippen LogP contribution in [0.25, 0.3) is 0 Å². The van der Waals surface area contributed by atoms with Crippen molar-refractivity contribution in [2.24, 2.45) is 0 Å². The molecule has 1 heterocycles. The highest BCUT2D eigenvalue weighted by atomic mass is 19.1. The van der Waals surface area contributed by atoms with Gasteiger partial charge in [-0.05, 0) is 11.6 Å². The van der Waals surface area contributed by atoms with E-state index in [2.05, 4.69) is 6.58 Å². The maximum atomic E-state index is 13.7. The fourth-order valence-electron chi connectivity index (χ4n) is 1.95. The second-order valence-corrected chi connectivity index (χ2v) is 4.14. The van der Waals surface area contributed by atoms with Crippen LogP contribution in [0.2, 0.25) is 0 Å². The minimum Gasteiger partial charge on any atom is -0.390 e. The van der Waals surface area contributed by atoms with Crippen LogP contribution in [0, 0.1) is 5.82 Å². The Hall–Kier alpha value is -1.23. The van der Waals surface area contributed by atoms with Gasteiger partial charge in [-0.1, -0.05) is 24.3 Å². The Morgan fingerprint density at radius 1 is 1.41 bits per heavy atom. The maximum Gasteiger partial charge on any atom is 0.126 e. The van der Waals surface area contributed by atoms with Crippen molar-refractivity contribution in [2.45, 2.75) is 24.2 Å². The lowest BCUT2D eigenvalue weighted by atomic mass is 9.86. The SMILES string of the molecule is C=CC(O)C(c1ccccc1F)C(O)[C@H]1CO1. The Morgan fingerprint density at radius 2 is 2.06 bits per heavy atom. The molecule has 0 bridgehead atoms. The van der Waals surface area contributed by atoms with E-state index in [1.165, 1.54) is 12.1 Å². The number of hydrogen-bond donors (Lipinski definition) is 2. The van der Waals surface area contributed by atoms with Gasteiger partial charge in [-0.25, -0.2) is 4.39 Å². The van der Waals surface area contributed by atoms with E-state index in [9.17, 15) is 14.6 Å². The van der Waals surface area contributed by atoms with Crippen molar-refractivity contribution in [3.05, 3.63) is 48.3 Å². The summed E-state index contributed by atoms with van der Waals surface area (Å²) in [6.07, 6.45) is -0.969. The number of aliphatic hydroxyl groups excluding tert-OH is 2. The molecule has 1 saturated heterocycles. The van der Waals surface area contributed by atoms with Crippen LogP contribution in [0.5, 0.6) is 0 Å². The smallest absolute Gasteiger partial charge is 0.126 e. The fraction of sp³-hybridized carbons (Fsp3) is 0.385. The number of halogens is 1. The minimum atomic E-state index is -1.01. The molecule has 3 nitrogen and oxygen atoms in total. The Bertz CT molecular complexity index is 403. The van der Waals surface area contributed by atoms with Gasteiger partial charge in [0.15, 0.2) is 0 Å². The predicted molar refractivity (Wildman–Crippen MR) is 61.1 cm³/mol. The number of ether oxygens (including phenoxy) is 1.